The van der Waals surface area contributed by atoms with Crippen LogP contribution in [0, 0.1) is 0 Å². The topological polar surface area (TPSA) is 45.7 Å². The van der Waals surface area contributed by atoms with Gasteiger partial charge in [-0.15, -0.1) is 0 Å². The van der Waals surface area contributed by atoms with Crippen molar-refractivity contribution in [1.29, 1.82) is 0 Å². The smallest absolute Gasteiger partial charge is 0.416 e. The number of carbonyl (C=O) groups is 1. The summed E-state index contributed by atoms with van der Waals surface area (Å²) in [6.07, 6.45) is -2.74. The summed E-state index contributed by atoms with van der Waals surface area (Å²) in [5, 5.41) is 0. The highest BCUT2D eigenvalue weighted by molar-refractivity contribution is 5.81. The van der Waals surface area contributed by atoms with Gasteiger partial charge < -0.3 is 9.64 Å². The molecule has 1 fully saturated rings. The molecular formula is C21H24F3N3O2. The van der Waals surface area contributed by atoms with Crippen LogP contribution in [0.3, 0.4) is 0 Å². The number of nitrogens with zero attached hydrogens (tertiary/aromatic N) is 3. The normalized spacial score (nSPS) is 16.9. The summed E-state index contributed by atoms with van der Waals surface area (Å²) in [6, 6.07) is 10.4. The summed E-state index contributed by atoms with van der Waals surface area (Å²) >= 11 is 0. The van der Waals surface area contributed by atoms with Gasteiger partial charge in [-0.3, -0.25) is 14.7 Å². The van der Waals surface area contributed by atoms with E-state index in [1.807, 2.05) is 18.2 Å². The zero-order valence-electron chi connectivity index (χ0n) is 16.2. The average molecular weight is 407 g/mol. The Morgan fingerprint density at radius 2 is 1.97 bits per heavy atom. The lowest BCUT2D eigenvalue weighted by Crippen LogP contribution is -2.42. The van der Waals surface area contributed by atoms with Crippen LogP contribution >= 0.6 is 0 Å². The lowest BCUT2D eigenvalue weighted by atomic mass is 10.2. The summed E-state index contributed by atoms with van der Waals surface area (Å²) in [7, 11) is 0. The number of halogens is 3. The van der Waals surface area contributed by atoms with E-state index < -0.39 is 17.8 Å². The van der Waals surface area contributed by atoms with E-state index in [0.29, 0.717) is 19.6 Å². The van der Waals surface area contributed by atoms with Crippen LogP contribution in [-0.2, 0) is 17.5 Å². The number of ether oxygens (including phenoxy) is 1. The van der Waals surface area contributed by atoms with Crippen molar-refractivity contribution in [1.82, 2.24) is 14.8 Å². The molecule has 2 aromatic rings. The van der Waals surface area contributed by atoms with Crippen LogP contribution in [0.1, 0.15) is 24.6 Å². The number of carbonyl (C=O) groups excluding carboxylic acids is 1. The summed E-state index contributed by atoms with van der Waals surface area (Å²) in [5.41, 5.74) is 0.183. The van der Waals surface area contributed by atoms with Crippen LogP contribution in [0.2, 0.25) is 0 Å². The first-order chi connectivity index (χ1) is 13.8. The van der Waals surface area contributed by atoms with Crippen molar-refractivity contribution in [2.45, 2.75) is 32.2 Å². The largest absolute Gasteiger partial charge is 0.481 e. The maximum atomic E-state index is 12.9. The molecule has 29 heavy (non-hydrogen) atoms. The number of aromatic nitrogens is 1. The highest BCUT2D eigenvalue weighted by atomic mass is 19.4. The van der Waals surface area contributed by atoms with E-state index in [4.69, 9.17) is 4.74 Å². The third-order valence-electron chi connectivity index (χ3n) is 4.83. The summed E-state index contributed by atoms with van der Waals surface area (Å²) < 4.78 is 44.1. The van der Waals surface area contributed by atoms with E-state index in [2.05, 4.69) is 9.88 Å². The molecule has 1 saturated heterocycles. The highest BCUT2D eigenvalue weighted by Crippen LogP contribution is 2.31. The van der Waals surface area contributed by atoms with Crippen molar-refractivity contribution >= 4 is 5.91 Å². The number of hydrogen-bond acceptors (Lipinski definition) is 4. The fourth-order valence-corrected chi connectivity index (χ4v) is 3.33. The fourth-order valence-electron chi connectivity index (χ4n) is 3.33. The highest BCUT2D eigenvalue weighted by Gasteiger charge is 2.31. The van der Waals surface area contributed by atoms with Crippen molar-refractivity contribution in [3.63, 3.8) is 0 Å². The Labute approximate surface area is 168 Å². The molecule has 1 aromatic heterocycles. The number of rotatable bonds is 5. The maximum Gasteiger partial charge on any atom is 0.416 e. The zero-order chi connectivity index (χ0) is 20.9. The fraction of sp³-hybridized carbons (Fsp3) is 0.429. The van der Waals surface area contributed by atoms with Gasteiger partial charge in [0.25, 0.3) is 5.91 Å². The van der Waals surface area contributed by atoms with Crippen molar-refractivity contribution in [2.24, 2.45) is 0 Å². The van der Waals surface area contributed by atoms with E-state index in [9.17, 15) is 18.0 Å². The van der Waals surface area contributed by atoms with Gasteiger partial charge in [0.2, 0.25) is 0 Å². The third kappa shape index (κ3) is 5.93. The van der Waals surface area contributed by atoms with E-state index in [-0.39, 0.29) is 11.7 Å². The molecule has 2 heterocycles. The summed E-state index contributed by atoms with van der Waals surface area (Å²) in [6.45, 7) is 4.98. The van der Waals surface area contributed by atoms with E-state index in [1.165, 1.54) is 12.1 Å². The van der Waals surface area contributed by atoms with Crippen LogP contribution in [0.25, 0.3) is 0 Å². The Bertz CT molecular complexity index is 814. The summed E-state index contributed by atoms with van der Waals surface area (Å²) in [4.78, 5) is 21.0. The second-order valence-corrected chi connectivity index (χ2v) is 7.06. The minimum absolute atomic E-state index is 0.0345. The molecule has 8 heteroatoms. The second kappa shape index (κ2) is 9.26. The molecule has 0 N–H and O–H groups in total. The van der Waals surface area contributed by atoms with Crippen LogP contribution in [0.4, 0.5) is 13.2 Å². The van der Waals surface area contributed by atoms with Crippen molar-refractivity contribution in [3.05, 3.63) is 59.9 Å². The Morgan fingerprint density at radius 3 is 2.69 bits per heavy atom. The van der Waals surface area contributed by atoms with Crippen LogP contribution in [0.5, 0.6) is 5.75 Å². The van der Waals surface area contributed by atoms with Crippen LogP contribution < -0.4 is 4.74 Å². The predicted molar refractivity (Wildman–Crippen MR) is 102 cm³/mol. The van der Waals surface area contributed by atoms with Gasteiger partial charge in [0.05, 0.1) is 11.3 Å². The number of benzene rings is 1. The van der Waals surface area contributed by atoms with Crippen LogP contribution in [0.15, 0.2) is 48.7 Å². The monoisotopic (exact) mass is 407 g/mol. The summed E-state index contributed by atoms with van der Waals surface area (Å²) in [5.74, 6) is -0.186. The molecule has 0 bridgehead atoms. The van der Waals surface area contributed by atoms with Crippen molar-refractivity contribution in [2.75, 3.05) is 26.2 Å². The molecule has 5 nitrogen and oxygen atoms in total. The molecule has 0 saturated carbocycles. The Hall–Kier alpha value is -2.61. The molecule has 156 valence electrons. The molecular weight excluding hydrogens is 383 g/mol. The van der Waals surface area contributed by atoms with Gasteiger partial charge >= 0.3 is 6.18 Å². The van der Waals surface area contributed by atoms with Crippen molar-refractivity contribution in [3.8, 4) is 5.75 Å². The minimum Gasteiger partial charge on any atom is -0.481 e. The van der Waals surface area contributed by atoms with Gasteiger partial charge in [-0.1, -0.05) is 12.1 Å². The molecule has 3 rings (SSSR count). The van der Waals surface area contributed by atoms with Gasteiger partial charge in [-0.2, -0.15) is 13.2 Å². The van der Waals surface area contributed by atoms with E-state index in [1.54, 1.807) is 18.0 Å². The van der Waals surface area contributed by atoms with Gasteiger partial charge in [0.1, 0.15) is 5.75 Å². The molecule has 1 aromatic carbocycles. The quantitative estimate of drug-likeness (QED) is 0.760. The zero-order valence-corrected chi connectivity index (χ0v) is 16.2. The molecule has 0 aliphatic carbocycles. The molecule has 1 atom stereocenters. The lowest BCUT2D eigenvalue weighted by Gasteiger charge is -2.25. The third-order valence-corrected chi connectivity index (χ3v) is 4.83. The molecule has 0 spiro atoms. The first-order valence-electron chi connectivity index (χ1n) is 9.58. The number of hydrogen-bond donors (Lipinski definition) is 0. The first-order valence-corrected chi connectivity index (χ1v) is 9.58. The Balaban J connectivity index is 1.56. The Kier molecular flexibility index (Phi) is 6.74. The Morgan fingerprint density at radius 1 is 1.14 bits per heavy atom. The number of amides is 1. The molecule has 0 radical (unpaired) electrons. The van der Waals surface area contributed by atoms with Gasteiger partial charge in [0.15, 0.2) is 6.10 Å². The van der Waals surface area contributed by atoms with Crippen LogP contribution in [-0.4, -0.2) is 53.0 Å². The van der Waals surface area contributed by atoms with Gasteiger partial charge in [0, 0.05) is 38.9 Å². The SMILES string of the molecule is C[C@H](Oc1cccc(C(F)(F)F)c1)C(=O)N1CCCN(Cc2ccccn2)CC1. The first kappa shape index (κ1) is 21.1. The van der Waals surface area contributed by atoms with Gasteiger partial charge in [-0.25, -0.2) is 0 Å². The van der Waals surface area contributed by atoms with E-state index >= 15 is 0 Å². The lowest BCUT2D eigenvalue weighted by molar-refractivity contribution is -0.138. The second-order valence-electron chi connectivity index (χ2n) is 7.06. The predicted octanol–water partition coefficient (Wildman–Crippen LogP) is 3.60. The van der Waals surface area contributed by atoms with Crippen molar-refractivity contribution < 1.29 is 22.7 Å². The van der Waals surface area contributed by atoms with E-state index in [0.717, 1.165) is 37.3 Å². The molecule has 0 unspecified atom stereocenters. The van der Waals surface area contributed by atoms with Gasteiger partial charge in [-0.05, 0) is 43.7 Å². The molecule has 1 aliphatic rings. The standard InChI is InChI=1S/C21H24F3N3O2/c1-16(29-19-8-4-6-17(14-19)21(22,23)24)20(28)27-11-5-10-26(12-13-27)15-18-7-2-3-9-25-18/h2-4,6-9,14,16H,5,10-13,15H2,1H3/t16-/m0/s1. The number of alkyl halides is 3. The minimum atomic E-state index is -4.45. The molecule has 1 amide bonds. The molecule has 1 aliphatic heterocycles. The number of pyridine rings is 1. The average Bonchev–Trinajstić information content (AvgIpc) is 2.93. The maximum absolute atomic E-state index is 12.9.